The molecule has 25 heavy (non-hydrogen) atoms. The fourth-order valence-electron chi connectivity index (χ4n) is 2.86. The minimum absolute atomic E-state index is 0.0205. The van der Waals surface area contributed by atoms with Crippen LogP contribution in [0, 0.1) is 5.92 Å². The van der Waals surface area contributed by atoms with E-state index in [2.05, 4.69) is 5.32 Å². The van der Waals surface area contributed by atoms with Gasteiger partial charge in [0.25, 0.3) is 0 Å². The van der Waals surface area contributed by atoms with E-state index < -0.39 is 15.7 Å². The van der Waals surface area contributed by atoms with Gasteiger partial charge in [0.1, 0.15) is 0 Å². The van der Waals surface area contributed by atoms with Crippen LogP contribution in [0.4, 0.5) is 5.69 Å². The molecule has 0 spiro atoms. The van der Waals surface area contributed by atoms with E-state index in [0.717, 1.165) is 25.1 Å². The molecule has 1 aromatic carbocycles. The van der Waals surface area contributed by atoms with Crippen LogP contribution in [0.5, 0.6) is 0 Å². The number of nitrogens with one attached hydrogen (secondary N) is 1. The van der Waals surface area contributed by atoms with Gasteiger partial charge in [0.05, 0.1) is 17.4 Å². The Balaban J connectivity index is 1.82. The van der Waals surface area contributed by atoms with E-state index in [9.17, 15) is 18.0 Å². The average molecular weight is 367 g/mol. The molecule has 1 fully saturated rings. The number of benzene rings is 1. The molecule has 0 aliphatic carbocycles. The van der Waals surface area contributed by atoms with Gasteiger partial charge in [-0.3, -0.25) is 9.59 Å². The van der Waals surface area contributed by atoms with Crippen molar-refractivity contribution in [3.05, 3.63) is 30.3 Å². The lowest BCUT2D eigenvalue weighted by molar-refractivity contribution is -0.121. The number of carbonyl (C=O) groups excluding carboxylic acids is 2. The molecule has 2 rings (SSSR count). The second kappa shape index (κ2) is 8.96. The number of nitrogens with zero attached hydrogens (tertiary/aromatic N) is 1. The molecular formula is C17H25N3O4S. The van der Waals surface area contributed by atoms with Crippen LogP contribution in [0.3, 0.4) is 0 Å². The molecule has 3 N–H and O–H groups in total. The minimum atomic E-state index is -3.31. The molecule has 8 heteroatoms. The summed E-state index contributed by atoms with van der Waals surface area (Å²) in [4.78, 5) is 25.1. The molecular weight excluding hydrogens is 342 g/mol. The highest BCUT2D eigenvalue weighted by Crippen LogP contribution is 2.19. The Morgan fingerprint density at radius 2 is 1.92 bits per heavy atom. The lowest BCUT2D eigenvalue weighted by atomic mass is 9.97. The molecule has 2 amide bonds. The number of hydrogen-bond acceptors (Lipinski definition) is 5. The smallest absolute Gasteiger partial charge is 0.228 e. The van der Waals surface area contributed by atoms with Crippen LogP contribution in [0.2, 0.25) is 0 Å². The molecule has 1 aromatic rings. The molecule has 1 saturated heterocycles. The molecule has 1 aliphatic heterocycles. The van der Waals surface area contributed by atoms with E-state index in [1.165, 1.54) is 0 Å². The minimum Gasteiger partial charge on any atom is -0.370 e. The number of primary amides is 1. The maximum atomic E-state index is 12.4. The summed E-state index contributed by atoms with van der Waals surface area (Å²) in [5, 5.41) is 2.90. The predicted molar refractivity (Wildman–Crippen MR) is 96.7 cm³/mol. The molecule has 7 nitrogen and oxygen atoms in total. The second-order valence-electron chi connectivity index (χ2n) is 6.36. The Bertz CT molecular complexity index is 691. The number of anilines is 1. The standard InChI is InChI=1S/C17H25N3O4S/c18-16(21)8-11-25(23,24)12-10-20-9-4-5-14(13-20)17(22)19-15-6-2-1-3-7-15/h1-3,6-7,14H,4-5,8-13H2,(H2,18,21)(H,19,22)/t14-/m1/s1. The SMILES string of the molecule is NC(=O)CCS(=O)(=O)CCN1CCC[C@@H](C(=O)Nc2ccccc2)C1. The maximum absolute atomic E-state index is 12.4. The average Bonchev–Trinajstić information content (AvgIpc) is 2.60. The van der Waals surface area contributed by atoms with Crippen molar-refractivity contribution in [2.24, 2.45) is 11.7 Å². The van der Waals surface area contributed by atoms with Gasteiger partial charge in [-0.15, -0.1) is 0 Å². The van der Waals surface area contributed by atoms with Crippen molar-refractivity contribution < 1.29 is 18.0 Å². The first-order chi connectivity index (χ1) is 11.9. The fourth-order valence-corrected chi connectivity index (χ4v) is 4.12. The van der Waals surface area contributed by atoms with Crippen LogP contribution in [-0.2, 0) is 19.4 Å². The lowest BCUT2D eigenvalue weighted by Crippen LogP contribution is -2.42. The van der Waals surface area contributed by atoms with E-state index >= 15 is 0 Å². The number of piperidine rings is 1. The van der Waals surface area contributed by atoms with Gasteiger partial charge in [-0.05, 0) is 31.5 Å². The van der Waals surface area contributed by atoms with Crippen molar-refractivity contribution in [1.82, 2.24) is 4.90 Å². The van der Waals surface area contributed by atoms with Gasteiger partial charge in [0.2, 0.25) is 11.8 Å². The van der Waals surface area contributed by atoms with E-state index in [0.29, 0.717) is 13.1 Å². The van der Waals surface area contributed by atoms with Gasteiger partial charge in [-0.2, -0.15) is 0 Å². The summed E-state index contributed by atoms with van der Waals surface area (Å²) >= 11 is 0. The molecule has 1 atom stereocenters. The highest BCUT2D eigenvalue weighted by molar-refractivity contribution is 7.91. The number of carbonyl (C=O) groups is 2. The molecule has 0 bridgehead atoms. The summed E-state index contributed by atoms with van der Waals surface area (Å²) in [5.41, 5.74) is 5.76. The highest BCUT2D eigenvalue weighted by atomic mass is 32.2. The topological polar surface area (TPSA) is 110 Å². The third kappa shape index (κ3) is 6.83. The monoisotopic (exact) mass is 367 g/mol. The summed E-state index contributed by atoms with van der Waals surface area (Å²) in [6, 6.07) is 9.28. The Morgan fingerprint density at radius 3 is 2.60 bits per heavy atom. The Hall–Kier alpha value is -1.93. The van der Waals surface area contributed by atoms with Crippen LogP contribution < -0.4 is 11.1 Å². The number of hydrogen-bond donors (Lipinski definition) is 2. The summed E-state index contributed by atoms with van der Waals surface area (Å²) < 4.78 is 23.8. The van der Waals surface area contributed by atoms with Gasteiger partial charge >= 0.3 is 0 Å². The van der Waals surface area contributed by atoms with Crippen molar-refractivity contribution in [3.8, 4) is 0 Å². The van der Waals surface area contributed by atoms with Crippen LogP contribution in [0.15, 0.2) is 30.3 Å². The lowest BCUT2D eigenvalue weighted by Gasteiger charge is -2.31. The molecule has 138 valence electrons. The molecule has 1 aliphatic rings. The zero-order chi connectivity index (χ0) is 18.3. The number of nitrogens with two attached hydrogens (primary N) is 1. The van der Waals surface area contributed by atoms with Crippen LogP contribution in [0.25, 0.3) is 0 Å². The number of likely N-dealkylation sites (tertiary alicyclic amines) is 1. The summed E-state index contributed by atoms with van der Waals surface area (Å²) in [5.74, 6) is -1.03. The predicted octanol–water partition coefficient (Wildman–Crippen LogP) is 0.627. The first kappa shape index (κ1) is 19.4. The Morgan fingerprint density at radius 1 is 1.20 bits per heavy atom. The van der Waals surface area contributed by atoms with Crippen molar-refractivity contribution in [2.45, 2.75) is 19.3 Å². The van der Waals surface area contributed by atoms with E-state index in [4.69, 9.17) is 5.73 Å². The maximum Gasteiger partial charge on any atom is 0.228 e. The fraction of sp³-hybridized carbons (Fsp3) is 0.529. The number of amides is 2. The largest absolute Gasteiger partial charge is 0.370 e. The number of rotatable bonds is 8. The Labute approximate surface area is 148 Å². The molecule has 0 saturated carbocycles. The van der Waals surface area contributed by atoms with E-state index in [1.54, 1.807) is 0 Å². The summed E-state index contributed by atoms with van der Waals surface area (Å²) in [6.07, 6.45) is 1.50. The number of para-hydroxylation sites is 1. The first-order valence-corrected chi connectivity index (χ1v) is 10.2. The van der Waals surface area contributed by atoms with Gasteiger partial charge in [0.15, 0.2) is 9.84 Å². The Kier molecular flexibility index (Phi) is 6.95. The van der Waals surface area contributed by atoms with Gasteiger partial charge in [0, 0.05) is 25.2 Å². The first-order valence-electron chi connectivity index (χ1n) is 8.43. The summed E-state index contributed by atoms with van der Waals surface area (Å²) in [7, 11) is -3.31. The third-order valence-electron chi connectivity index (χ3n) is 4.30. The molecule has 1 heterocycles. The molecule has 0 radical (unpaired) electrons. The molecule has 0 aromatic heterocycles. The normalized spacial score (nSPS) is 18.6. The van der Waals surface area contributed by atoms with Crippen LogP contribution in [0.1, 0.15) is 19.3 Å². The third-order valence-corrected chi connectivity index (χ3v) is 5.93. The van der Waals surface area contributed by atoms with Crippen molar-refractivity contribution in [2.75, 3.05) is 36.5 Å². The quantitative estimate of drug-likeness (QED) is 0.700. The van der Waals surface area contributed by atoms with Gasteiger partial charge in [-0.1, -0.05) is 18.2 Å². The van der Waals surface area contributed by atoms with E-state index in [1.807, 2.05) is 35.2 Å². The zero-order valence-electron chi connectivity index (χ0n) is 14.2. The van der Waals surface area contributed by atoms with Crippen LogP contribution >= 0.6 is 0 Å². The van der Waals surface area contributed by atoms with Crippen molar-refractivity contribution in [3.63, 3.8) is 0 Å². The second-order valence-corrected chi connectivity index (χ2v) is 8.67. The highest BCUT2D eigenvalue weighted by Gasteiger charge is 2.26. The molecule has 0 unspecified atom stereocenters. The van der Waals surface area contributed by atoms with Crippen molar-refractivity contribution >= 4 is 27.3 Å². The van der Waals surface area contributed by atoms with Gasteiger partial charge in [-0.25, -0.2) is 8.42 Å². The zero-order valence-corrected chi connectivity index (χ0v) is 15.0. The van der Waals surface area contributed by atoms with Gasteiger partial charge < -0.3 is 16.0 Å². The van der Waals surface area contributed by atoms with E-state index in [-0.39, 0.29) is 29.8 Å². The number of sulfone groups is 1. The van der Waals surface area contributed by atoms with Crippen molar-refractivity contribution in [1.29, 1.82) is 0 Å². The summed E-state index contributed by atoms with van der Waals surface area (Å²) in [6.45, 7) is 1.70. The van der Waals surface area contributed by atoms with Crippen LogP contribution in [-0.4, -0.2) is 56.3 Å².